The van der Waals surface area contributed by atoms with Gasteiger partial charge in [-0.1, -0.05) is 6.07 Å². The Bertz CT molecular complexity index is 762. The molecule has 0 aliphatic carbocycles. The smallest absolute Gasteiger partial charge is 0.243 e. The fourth-order valence-electron chi connectivity index (χ4n) is 2.21. The number of rotatable bonds is 7. The Balaban J connectivity index is 1.98. The first kappa shape index (κ1) is 18.1. The van der Waals surface area contributed by atoms with Gasteiger partial charge in [-0.2, -0.15) is 0 Å². The van der Waals surface area contributed by atoms with Gasteiger partial charge in [-0.15, -0.1) is 0 Å². The molecule has 0 aliphatic heterocycles. The Kier molecular flexibility index (Phi) is 6.22. The monoisotopic (exact) mass is 343 g/mol. The van der Waals surface area contributed by atoms with Crippen LogP contribution in [-0.4, -0.2) is 32.6 Å². The molecule has 0 aromatic heterocycles. The first-order chi connectivity index (χ1) is 12.0. The van der Waals surface area contributed by atoms with Crippen LogP contribution in [0.15, 0.2) is 42.5 Å². The summed E-state index contributed by atoms with van der Waals surface area (Å²) in [6.45, 7) is 1.48. The largest absolute Gasteiger partial charge is 0.497 e. The van der Waals surface area contributed by atoms with E-state index < -0.39 is 0 Å². The van der Waals surface area contributed by atoms with Crippen molar-refractivity contribution in [3.63, 3.8) is 0 Å². The average molecular weight is 343 g/mol. The van der Waals surface area contributed by atoms with Gasteiger partial charge in [-0.25, -0.2) is 0 Å². The molecule has 0 spiro atoms. The molecule has 0 saturated carbocycles. The molecule has 0 radical (unpaired) electrons. The topological polar surface area (TPSA) is 88.7 Å². The fourth-order valence-corrected chi connectivity index (χ4v) is 2.21. The van der Waals surface area contributed by atoms with Crippen LogP contribution in [0.2, 0.25) is 0 Å². The molecule has 7 heteroatoms. The summed E-state index contributed by atoms with van der Waals surface area (Å²) in [5.41, 5.74) is 1.87. The maximum absolute atomic E-state index is 12.1. The van der Waals surface area contributed by atoms with Crippen molar-refractivity contribution < 1.29 is 19.1 Å². The maximum Gasteiger partial charge on any atom is 0.243 e. The highest BCUT2D eigenvalue weighted by atomic mass is 16.5. The van der Waals surface area contributed by atoms with E-state index in [1.807, 2.05) is 0 Å². The van der Waals surface area contributed by atoms with E-state index >= 15 is 0 Å². The van der Waals surface area contributed by atoms with Gasteiger partial charge in [0.25, 0.3) is 0 Å². The Hall–Kier alpha value is -3.22. The molecule has 0 fully saturated rings. The molecule has 0 unspecified atom stereocenters. The van der Waals surface area contributed by atoms with E-state index in [9.17, 15) is 9.59 Å². The minimum absolute atomic E-state index is 0.0495. The third kappa shape index (κ3) is 5.42. The SMILES string of the molecule is COc1ccc(OC)c(NCC(=O)Nc2cccc(NC(C)=O)c2)c1. The second-order valence-electron chi connectivity index (χ2n) is 5.23. The van der Waals surface area contributed by atoms with Crippen molar-refractivity contribution in [1.29, 1.82) is 0 Å². The lowest BCUT2D eigenvalue weighted by atomic mass is 10.2. The fraction of sp³-hybridized carbons (Fsp3) is 0.222. The number of anilines is 3. The molecule has 2 aromatic carbocycles. The third-order valence-corrected chi connectivity index (χ3v) is 3.31. The summed E-state index contributed by atoms with van der Waals surface area (Å²) < 4.78 is 10.4. The van der Waals surface area contributed by atoms with Gasteiger partial charge in [0.1, 0.15) is 11.5 Å². The predicted molar refractivity (Wildman–Crippen MR) is 97.4 cm³/mol. The summed E-state index contributed by atoms with van der Waals surface area (Å²) in [5, 5.41) is 8.45. The van der Waals surface area contributed by atoms with E-state index in [-0.39, 0.29) is 18.4 Å². The van der Waals surface area contributed by atoms with Crippen molar-refractivity contribution in [2.24, 2.45) is 0 Å². The zero-order chi connectivity index (χ0) is 18.2. The number of nitrogens with one attached hydrogen (secondary N) is 3. The molecular weight excluding hydrogens is 322 g/mol. The summed E-state index contributed by atoms with van der Waals surface area (Å²) in [5.74, 6) is 0.869. The number of hydrogen-bond donors (Lipinski definition) is 3. The summed E-state index contributed by atoms with van der Waals surface area (Å²) in [7, 11) is 3.13. The zero-order valence-corrected chi connectivity index (χ0v) is 14.4. The summed E-state index contributed by atoms with van der Waals surface area (Å²) in [6.07, 6.45) is 0. The van der Waals surface area contributed by atoms with E-state index in [2.05, 4.69) is 16.0 Å². The van der Waals surface area contributed by atoms with Crippen LogP contribution in [0, 0.1) is 0 Å². The van der Waals surface area contributed by atoms with E-state index in [0.29, 0.717) is 28.6 Å². The van der Waals surface area contributed by atoms with Gasteiger partial charge in [0.2, 0.25) is 11.8 Å². The minimum atomic E-state index is -0.232. The number of benzene rings is 2. The second-order valence-corrected chi connectivity index (χ2v) is 5.23. The maximum atomic E-state index is 12.1. The molecule has 3 N–H and O–H groups in total. The van der Waals surface area contributed by atoms with Crippen molar-refractivity contribution in [2.75, 3.05) is 36.7 Å². The van der Waals surface area contributed by atoms with E-state index in [4.69, 9.17) is 9.47 Å². The number of amides is 2. The van der Waals surface area contributed by atoms with Crippen molar-refractivity contribution in [3.8, 4) is 11.5 Å². The van der Waals surface area contributed by atoms with Crippen molar-refractivity contribution in [1.82, 2.24) is 0 Å². The zero-order valence-electron chi connectivity index (χ0n) is 14.4. The van der Waals surface area contributed by atoms with Gasteiger partial charge in [-0.3, -0.25) is 9.59 Å². The molecule has 0 saturated heterocycles. The molecule has 0 aliphatic rings. The first-order valence-electron chi connectivity index (χ1n) is 7.65. The van der Waals surface area contributed by atoms with E-state index in [1.54, 1.807) is 56.7 Å². The van der Waals surface area contributed by atoms with Gasteiger partial charge >= 0.3 is 0 Å². The lowest BCUT2D eigenvalue weighted by Gasteiger charge is -2.13. The number of carbonyl (C=O) groups excluding carboxylic acids is 2. The molecule has 0 heterocycles. The number of methoxy groups -OCH3 is 2. The molecule has 0 bridgehead atoms. The Morgan fingerprint density at radius 3 is 2.32 bits per heavy atom. The van der Waals surface area contributed by atoms with Crippen molar-refractivity contribution in [2.45, 2.75) is 6.92 Å². The highest BCUT2D eigenvalue weighted by Crippen LogP contribution is 2.28. The standard InChI is InChI=1S/C18H21N3O4/c1-12(22)20-13-5-4-6-14(9-13)21-18(23)11-19-16-10-15(24-2)7-8-17(16)25-3/h4-10,19H,11H2,1-3H3,(H,20,22)(H,21,23). The van der Waals surface area contributed by atoms with Gasteiger partial charge in [0.15, 0.2) is 0 Å². The molecule has 132 valence electrons. The molecule has 25 heavy (non-hydrogen) atoms. The lowest BCUT2D eigenvalue weighted by molar-refractivity contribution is -0.115. The molecule has 2 rings (SSSR count). The molecule has 7 nitrogen and oxygen atoms in total. The third-order valence-electron chi connectivity index (χ3n) is 3.31. The molecule has 0 atom stereocenters. The average Bonchev–Trinajstić information content (AvgIpc) is 2.59. The van der Waals surface area contributed by atoms with Crippen LogP contribution in [0.1, 0.15) is 6.92 Å². The van der Waals surface area contributed by atoms with Crippen molar-refractivity contribution >= 4 is 28.9 Å². The van der Waals surface area contributed by atoms with Gasteiger partial charge in [0.05, 0.1) is 26.5 Å². The minimum Gasteiger partial charge on any atom is -0.497 e. The van der Waals surface area contributed by atoms with Gasteiger partial charge in [0, 0.05) is 24.4 Å². The molecular formula is C18H21N3O4. The first-order valence-corrected chi connectivity index (χ1v) is 7.65. The van der Waals surface area contributed by atoms with Crippen LogP contribution in [0.3, 0.4) is 0 Å². The van der Waals surface area contributed by atoms with E-state index in [0.717, 1.165) is 0 Å². The van der Waals surface area contributed by atoms with Gasteiger partial charge in [-0.05, 0) is 30.3 Å². The van der Waals surface area contributed by atoms with Crippen LogP contribution < -0.4 is 25.4 Å². The molecule has 2 amide bonds. The van der Waals surface area contributed by atoms with E-state index in [1.165, 1.54) is 6.92 Å². The van der Waals surface area contributed by atoms with Crippen LogP contribution in [0.5, 0.6) is 11.5 Å². The Morgan fingerprint density at radius 1 is 0.960 bits per heavy atom. The summed E-state index contributed by atoms with van der Waals surface area (Å²) >= 11 is 0. The second kappa shape index (κ2) is 8.58. The summed E-state index contributed by atoms with van der Waals surface area (Å²) in [6, 6.07) is 12.2. The highest BCUT2D eigenvalue weighted by Gasteiger charge is 2.08. The van der Waals surface area contributed by atoms with Crippen LogP contribution in [0.4, 0.5) is 17.1 Å². The molecule has 2 aromatic rings. The van der Waals surface area contributed by atoms with Crippen LogP contribution in [-0.2, 0) is 9.59 Å². The lowest BCUT2D eigenvalue weighted by Crippen LogP contribution is -2.22. The Morgan fingerprint density at radius 2 is 1.68 bits per heavy atom. The Labute approximate surface area is 146 Å². The number of ether oxygens (including phenoxy) is 2. The highest BCUT2D eigenvalue weighted by molar-refractivity contribution is 5.95. The van der Waals surface area contributed by atoms with Crippen LogP contribution >= 0.6 is 0 Å². The number of hydrogen-bond acceptors (Lipinski definition) is 5. The van der Waals surface area contributed by atoms with Gasteiger partial charge < -0.3 is 25.4 Å². The van der Waals surface area contributed by atoms with Crippen LogP contribution in [0.25, 0.3) is 0 Å². The van der Waals surface area contributed by atoms with Crippen molar-refractivity contribution in [3.05, 3.63) is 42.5 Å². The number of carbonyl (C=O) groups is 2. The normalized spacial score (nSPS) is 9.88. The quantitative estimate of drug-likeness (QED) is 0.719. The predicted octanol–water partition coefficient (Wildman–Crippen LogP) is 2.71. The summed E-state index contributed by atoms with van der Waals surface area (Å²) in [4.78, 5) is 23.2.